The van der Waals surface area contributed by atoms with Crippen molar-refractivity contribution in [2.75, 3.05) is 0 Å². The maximum atomic E-state index is 10.1. The predicted octanol–water partition coefficient (Wildman–Crippen LogP) is 3.51. The van der Waals surface area contributed by atoms with E-state index in [1.165, 1.54) is 25.7 Å². The number of aliphatic hydroxyl groups excluding tert-OH is 1. The van der Waals surface area contributed by atoms with E-state index in [0.29, 0.717) is 0 Å². The largest absolute Gasteiger partial charge is 0.466 e. The molecule has 1 N–H and O–H groups in total. The van der Waals surface area contributed by atoms with Crippen LogP contribution < -0.4 is 0 Å². The Morgan fingerprint density at radius 2 is 2.07 bits per heavy atom. The van der Waals surface area contributed by atoms with E-state index >= 15 is 0 Å². The molecule has 1 atom stereocenters. The van der Waals surface area contributed by atoms with Gasteiger partial charge in [-0.05, 0) is 32.3 Å². The molecular weight excluding hydrogens is 188 g/mol. The van der Waals surface area contributed by atoms with Gasteiger partial charge in [0, 0.05) is 5.56 Å². The summed E-state index contributed by atoms with van der Waals surface area (Å²) in [6.45, 7) is 3.86. The van der Waals surface area contributed by atoms with Crippen molar-refractivity contribution in [2.24, 2.45) is 5.92 Å². The number of aryl methyl sites for hydroxylation is 2. The molecule has 0 spiro atoms. The van der Waals surface area contributed by atoms with Crippen LogP contribution in [0.3, 0.4) is 0 Å². The molecule has 1 saturated carbocycles. The van der Waals surface area contributed by atoms with Crippen molar-refractivity contribution in [1.82, 2.24) is 0 Å². The zero-order valence-electron chi connectivity index (χ0n) is 9.62. The first-order chi connectivity index (χ1) is 7.16. The average molecular weight is 208 g/mol. The summed E-state index contributed by atoms with van der Waals surface area (Å²) in [7, 11) is 0. The van der Waals surface area contributed by atoms with Crippen LogP contribution in [0, 0.1) is 19.8 Å². The minimum atomic E-state index is -0.328. The predicted molar refractivity (Wildman–Crippen MR) is 59.7 cm³/mol. The molecule has 1 aromatic rings. The molecule has 1 aliphatic carbocycles. The number of aliphatic hydroxyl groups is 1. The SMILES string of the molecule is Cc1cc(C(O)CC2CCCC2)c(C)o1. The number of hydrogen-bond donors (Lipinski definition) is 1. The molecule has 0 amide bonds. The zero-order valence-corrected chi connectivity index (χ0v) is 9.62. The van der Waals surface area contributed by atoms with E-state index in [1.54, 1.807) is 0 Å². The molecule has 1 aromatic heterocycles. The Labute approximate surface area is 91.3 Å². The molecule has 2 nitrogen and oxygen atoms in total. The van der Waals surface area contributed by atoms with Crippen LogP contribution in [0.2, 0.25) is 0 Å². The third kappa shape index (κ3) is 2.43. The van der Waals surface area contributed by atoms with Crippen molar-refractivity contribution in [3.05, 3.63) is 23.2 Å². The fourth-order valence-corrected chi connectivity index (χ4v) is 2.67. The fraction of sp³-hybridized carbons (Fsp3) is 0.692. The number of furan rings is 1. The second-order valence-electron chi connectivity index (χ2n) is 4.77. The second kappa shape index (κ2) is 4.40. The highest BCUT2D eigenvalue weighted by Crippen LogP contribution is 2.34. The topological polar surface area (TPSA) is 33.4 Å². The molecule has 1 fully saturated rings. The van der Waals surface area contributed by atoms with Gasteiger partial charge in [0.1, 0.15) is 11.5 Å². The lowest BCUT2D eigenvalue weighted by molar-refractivity contribution is 0.143. The van der Waals surface area contributed by atoms with E-state index in [9.17, 15) is 5.11 Å². The molecule has 84 valence electrons. The van der Waals surface area contributed by atoms with Crippen LogP contribution in [0.25, 0.3) is 0 Å². The molecule has 15 heavy (non-hydrogen) atoms. The lowest BCUT2D eigenvalue weighted by Crippen LogP contribution is -2.04. The Morgan fingerprint density at radius 3 is 2.60 bits per heavy atom. The Morgan fingerprint density at radius 1 is 1.40 bits per heavy atom. The van der Waals surface area contributed by atoms with Crippen LogP contribution in [0.4, 0.5) is 0 Å². The molecule has 0 saturated heterocycles. The van der Waals surface area contributed by atoms with E-state index in [4.69, 9.17) is 4.42 Å². The van der Waals surface area contributed by atoms with Gasteiger partial charge in [0.25, 0.3) is 0 Å². The monoisotopic (exact) mass is 208 g/mol. The standard InChI is InChI=1S/C13H20O2/c1-9-7-12(10(2)15-9)13(14)8-11-5-3-4-6-11/h7,11,13-14H,3-6,8H2,1-2H3. The van der Waals surface area contributed by atoms with Crippen molar-refractivity contribution in [3.63, 3.8) is 0 Å². The summed E-state index contributed by atoms with van der Waals surface area (Å²) in [5.41, 5.74) is 0.986. The minimum absolute atomic E-state index is 0.328. The van der Waals surface area contributed by atoms with Gasteiger partial charge in [-0.15, -0.1) is 0 Å². The summed E-state index contributed by atoms with van der Waals surface area (Å²) < 4.78 is 5.44. The normalized spacial score (nSPS) is 19.7. The summed E-state index contributed by atoms with van der Waals surface area (Å²) in [5.74, 6) is 2.49. The highest BCUT2D eigenvalue weighted by Gasteiger charge is 2.22. The van der Waals surface area contributed by atoms with E-state index in [-0.39, 0.29) is 6.10 Å². The van der Waals surface area contributed by atoms with Gasteiger partial charge in [-0.2, -0.15) is 0 Å². The highest BCUT2D eigenvalue weighted by molar-refractivity contribution is 5.22. The molecule has 2 rings (SSSR count). The summed E-state index contributed by atoms with van der Waals surface area (Å²) in [5, 5.41) is 10.1. The molecule has 1 heterocycles. The van der Waals surface area contributed by atoms with Crippen LogP contribution in [0.15, 0.2) is 10.5 Å². The van der Waals surface area contributed by atoms with Gasteiger partial charge in [0.05, 0.1) is 6.10 Å². The summed E-state index contributed by atoms with van der Waals surface area (Å²) >= 11 is 0. The van der Waals surface area contributed by atoms with Gasteiger partial charge < -0.3 is 9.52 Å². The fourth-order valence-electron chi connectivity index (χ4n) is 2.67. The summed E-state index contributed by atoms with van der Waals surface area (Å²) in [4.78, 5) is 0. The first-order valence-corrected chi connectivity index (χ1v) is 5.92. The van der Waals surface area contributed by atoms with Crippen LogP contribution in [0.1, 0.15) is 55.3 Å². The molecular formula is C13H20O2. The first-order valence-electron chi connectivity index (χ1n) is 5.92. The van der Waals surface area contributed by atoms with E-state index in [1.807, 2.05) is 19.9 Å². The Balaban J connectivity index is 2.00. The maximum Gasteiger partial charge on any atom is 0.106 e. The highest BCUT2D eigenvalue weighted by atomic mass is 16.3. The van der Waals surface area contributed by atoms with Crippen LogP contribution in [0.5, 0.6) is 0 Å². The van der Waals surface area contributed by atoms with Crippen molar-refractivity contribution in [3.8, 4) is 0 Å². The van der Waals surface area contributed by atoms with Gasteiger partial charge in [-0.1, -0.05) is 25.7 Å². The Bertz CT molecular complexity index is 321. The average Bonchev–Trinajstić information content (AvgIpc) is 2.75. The zero-order chi connectivity index (χ0) is 10.8. The lowest BCUT2D eigenvalue weighted by atomic mass is 9.96. The van der Waals surface area contributed by atoms with Crippen molar-refractivity contribution in [1.29, 1.82) is 0 Å². The molecule has 0 aliphatic heterocycles. The molecule has 0 radical (unpaired) electrons. The van der Waals surface area contributed by atoms with Gasteiger partial charge in [0.15, 0.2) is 0 Å². The van der Waals surface area contributed by atoms with Crippen molar-refractivity contribution < 1.29 is 9.52 Å². The van der Waals surface area contributed by atoms with Gasteiger partial charge >= 0.3 is 0 Å². The molecule has 2 heteroatoms. The second-order valence-corrected chi connectivity index (χ2v) is 4.77. The maximum absolute atomic E-state index is 10.1. The van der Waals surface area contributed by atoms with Crippen molar-refractivity contribution >= 4 is 0 Å². The first kappa shape index (κ1) is 10.7. The minimum Gasteiger partial charge on any atom is -0.466 e. The van der Waals surface area contributed by atoms with Gasteiger partial charge in [0.2, 0.25) is 0 Å². The summed E-state index contributed by atoms with van der Waals surface area (Å²) in [6.07, 6.45) is 5.81. The van der Waals surface area contributed by atoms with E-state index in [2.05, 4.69) is 0 Å². The number of hydrogen-bond acceptors (Lipinski definition) is 2. The van der Waals surface area contributed by atoms with E-state index in [0.717, 1.165) is 29.4 Å². The molecule has 0 bridgehead atoms. The lowest BCUT2D eigenvalue weighted by Gasteiger charge is -2.14. The van der Waals surface area contributed by atoms with Crippen LogP contribution in [-0.2, 0) is 0 Å². The van der Waals surface area contributed by atoms with Gasteiger partial charge in [-0.3, -0.25) is 0 Å². The van der Waals surface area contributed by atoms with Crippen LogP contribution >= 0.6 is 0 Å². The third-order valence-electron chi connectivity index (χ3n) is 3.47. The van der Waals surface area contributed by atoms with Crippen LogP contribution in [-0.4, -0.2) is 5.11 Å². The smallest absolute Gasteiger partial charge is 0.106 e. The number of rotatable bonds is 3. The quantitative estimate of drug-likeness (QED) is 0.824. The van der Waals surface area contributed by atoms with E-state index < -0.39 is 0 Å². The molecule has 1 aliphatic rings. The molecule has 0 aromatic carbocycles. The Hall–Kier alpha value is -0.760. The van der Waals surface area contributed by atoms with Gasteiger partial charge in [-0.25, -0.2) is 0 Å². The Kier molecular flexibility index (Phi) is 3.15. The summed E-state index contributed by atoms with van der Waals surface area (Å²) in [6, 6.07) is 1.97. The third-order valence-corrected chi connectivity index (χ3v) is 3.47. The molecule has 1 unspecified atom stereocenters. The van der Waals surface area contributed by atoms with Crippen molar-refractivity contribution in [2.45, 2.75) is 52.1 Å².